The number of halogens is 1. The van der Waals surface area contributed by atoms with Crippen molar-refractivity contribution >= 4 is 24.0 Å². The zero-order chi connectivity index (χ0) is 13.8. The average molecular weight is 325 g/mol. The van der Waals surface area contributed by atoms with Crippen LogP contribution in [-0.2, 0) is 0 Å². The van der Waals surface area contributed by atoms with Crippen LogP contribution in [0.4, 0.5) is 0 Å². The maximum atomic E-state index is 10.2. The molecule has 0 amide bonds. The van der Waals surface area contributed by atoms with E-state index >= 15 is 0 Å². The highest BCUT2D eigenvalue weighted by Gasteiger charge is 2.18. The van der Waals surface area contributed by atoms with E-state index in [0.717, 1.165) is 21.7 Å². The fourth-order valence-corrected chi connectivity index (χ4v) is 3.88. The van der Waals surface area contributed by atoms with Gasteiger partial charge < -0.3 is 5.11 Å². The van der Waals surface area contributed by atoms with Crippen LogP contribution in [0.2, 0.25) is 25.7 Å². The van der Waals surface area contributed by atoms with E-state index in [2.05, 4.69) is 47.9 Å². The van der Waals surface area contributed by atoms with Crippen molar-refractivity contribution < 1.29 is 5.11 Å². The van der Waals surface area contributed by atoms with Gasteiger partial charge in [-0.1, -0.05) is 54.3 Å². The number of aliphatic hydroxyl groups is 1. The third kappa shape index (κ3) is 5.36. The van der Waals surface area contributed by atoms with E-state index in [0.29, 0.717) is 6.42 Å². The van der Waals surface area contributed by atoms with E-state index in [1.54, 1.807) is 0 Å². The van der Waals surface area contributed by atoms with Gasteiger partial charge in [-0.05, 0) is 29.3 Å². The lowest BCUT2D eigenvalue weighted by Crippen LogP contribution is -2.20. The molecule has 0 aromatic heterocycles. The van der Waals surface area contributed by atoms with E-state index in [4.69, 9.17) is 0 Å². The van der Waals surface area contributed by atoms with Crippen molar-refractivity contribution in [1.82, 2.24) is 0 Å². The van der Waals surface area contributed by atoms with Gasteiger partial charge in [0.1, 0.15) is 0 Å². The van der Waals surface area contributed by atoms with Gasteiger partial charge in [-0.25, -0.2) is 0 Å². The maximum absolute atomic E-state index is 10.2. The Morgan fingerprint density at radius 2 is 2.11 bits per heavy atom. The topological polar surface area (TPSA) is 20.2 Å². The summed E-state index contributed by atoms with van der Waals surface area (Å²) in [5.74, 6) is 0. The van der Waals surface area contributed by atoms with Gasteiger partial charge in [-0.15, -0.1) is 5.73 Å². The standard InChI is InChI=1S/C15H21BrOSi/c1-5-12(11-18(2,3)4)9-15(17)13-7-6-8-14(16)10-13/h6-8,10,15,17H,1,9,11H2,2-4H3. The molecule has 0 bridgehead atoms. The zero-order valence-electron chi connectivity index (χ0n) is 11.3. The Morgan fingerprint density at radius 3 is 2.61 bits per heavy atom. The number of hydrogen-bond donors (Lipinski definition) is 1. The highest BCUT2D eigenvalue weighted by Crippen LogP contribution is 2.27. The number of benzene rings is 1. The predicted octanol–water partition coefficient (Wildman–Crippen LogP) is 4.92. The third-order valence-corrected chi connectivity index (χ3v) is 4.65. The second-order valence-electron chi connectivity index (χ2n) is 5.79. The summed E-state index contributed by atoms with van der Waals surface area (Å²) in [7, 11) is -1.18. The van der Waals surface area contributed by atoms with Crippen molar-refractivity contribution in [3.8, 4) is 0 Å². The molecule has 0 aliphatic heterocycles. The second-order valence-corrected chi connectivity index (χ2v) is 12.2. The lowest BCUT2D eigenvalue weighted by atomic mass is 10.0. The van der Waals surface area contributed by atoms with Gasteiger partial charge in [0.2, 0.25) is 0 Å². The molecule has 0 spiro atoms. The second kappa shape index (κ2) is 6.53. The molecule has 0 saturated heterocycles. The molecule has 1 rings (SSSR count). The number of hydrogen-bond acceptors (Lipinski definition) is 1. The Morgan fingerprint density at radius 1 is 1.44 bits per heavy atom. The molecule has 1 N–H and O–H groups in total. The molecule has 18 heavy (non-hydrogen) atoms. The van der Waals surface area contributed by atoms with Crippen LogP contribution in [0.25, 0.3) is 0 Å². The first-order valence-corrected chi connectivity index (χ1v) is 10.6. The smallest absolute Gasteiger partial charge is 0.0833 e. The molecule has 0 radical (unpaired) electrons. The number of aliphatic hydroxyl groups excluding tert-OH is 1. The summed E-state index contributed by atoms with van der Waals surface area (Å²) in [6, 6.07) is 8.85. The molecular formula is C15H21BrOSi. The molecule has 0 heterocycles. The quantitative estimate of drug-likeness (QED) is 0.602. The molecule has 3 heteroatoms. The summed E-state index contributed by atoms with van der Waals surface area (Å²) in [5, 5.41) is 10.2. The van der Waals surface area contributed by atoms with Crippen LogP contribution in [0.15, 0.2) is 46.6 Å². The van der Waals surface area contributed by atoms with Crippen LogP contribution in [0.1, 0.15) is 18.1 Å². The van der Waals surface area contributed by atoms with Crippen molar-refractivity contribution in [2.75, 3.05) is 0 Å². The Kier molecular flexibility index (Phi) is 5.61. The highest BCUT2D eigenvalue weighted by molar-refractivity contribution is 9.10. The molecule has 0 fully saturated rings. The van der Waals surface area contributed by atoms with Crippen molar-refractivity contribution in [1.29, 1.82) is 0 Å². The zero-order valence-corrected chi connectivity index (χ0v) is 13.9. The summed E-state index contributed by atoms with van der Waals surface area (Å²) in [5.41, 5.74) is 5.08. The van der Waals surface area contributed by atoms with Gasteiger partial charge in [0.25, 0.3) is 0 Å². The third-order valence-electron chi connectivity index (χ3n) is 2.67. The molecule has 98 valence electrons. The van der Waals surface area contributed by atoms with E-state index in [1.165, 1.54) is 0 Å². The van der Waals surface area contributed by atoms with Gasteiger partial charge in [0.05, 0.1) is 6.10 Å². The Bertz CT molecular complexity index is 456. The summed E-state index contributed by atoms with van der Waals surface area (Å²) >= 11 is 3.42. The Hall–Kier alpha value is -0.603. The first kappa shape index (κ1) is 15.5. The molecule has 1 unspecified atom stereocenters. The molecular weight excluding hydrogens is 304 g/mol. The lowest BCUT2D eigenvalue weighted by molar-refractivity contribution is 0.178. The molecule has 0 aliphatic rings. The number of rotatable bonds is 5. The molecule has 1 aromatic carbocycles. The van der Waals surface area contributed by atoms with Crippen LogP contribution < -0.4 is 0 Å². The Labute approximate surface area is 119 Å². The first-order chi connectivity index (χ1) is 8.31. The average Bonchev–Trinajstić information content (AvgIpc) is 2.26. The molecule has 1 aromatic rings. The van der Waals surface area contributed by atoms with Gasteiger partial charge in [-0.2, -0.15) is 0 Å². The predicted molar refractivity (Wildman–Crippen MR) is 84.5 cm³/mol. The summed E-state index contributed by atoms with van der Waals surface area (Å²) in [6.45, 7) is 10.7. The highest BCUT2D eigenvalue weighted by atomic mass is 79.9. The fourth-order valence-electron chi connectivity index (χ4n) is 1.91. The van der Waals surface area contributed by atoms with E-state index in [9.17, 15) is 5.11 Å². The first-order valence-electron chi connectivity index (χ1n) is 6.13. The van der Waals surface area contributed by atoms with Crippen molar-refractivity contribution in [3.05, 3.63) is 52.2 Å². The van der Waals surface area contributed by atoms with Crippen LogP contribution in [0.5, 0.6) is 0 Å². The van der Waals surface area contributed by atoms with Crippen LogP contribution in [0.3, 0.4) is 0 Å². The van der Waals surface area contributed by atoms with Gasteiger partial charge in [0, 0.05) is 19.0 Å². The summed E-state index contributed by atoms with van der Waals surface area (Å²) in [6.07, 6.45) is 0.160. The van der Waals surface area contributed by atoms with Crippen molar-refractivity contribution in [2.24, 2.45) is 0 Å². The largest absolute Gasteiger partial charge is 0.388 e. The van der Waals surface area contributed by atoms with Crippen molar-refractivity contribution in [3.63, 3.8) is 0 Å². The molecule has 0 saturated carbocycles. The Balaban J connectivity index is 2.75. The fraction of sp³-hybridized carbons (Fsp3) is 0.400. The van der Waals surface area contributed by atoms with Crippen LogP contribution >= 0.6 is 15.9 Å². The van der Waals surface area contributed by atoms with Gasteiger partial charge >= 0.3 is 0 Å². The minimum Gasteiger partial charge on any atom is -0.388 e. The van der Waals surface area contributed by atoms with Gasteiger partial charge in [0.15, 0.2) is 0 Å². The van der Waals surface area contributed by atoms with E-state index in [-0.39, 0.29) is 0 Å². The minimum atomic E-state index is -1.18. The monoisotopic (exact) mass is 324 g/mol. The van der Waals surface area contributed by atoms with Crippen LogP contribution in [-0.4, -0.2) is 13.2 Å². The summed E-state index contributed by atoms with van der Waals surface area (Å²) < 4.78 is 0.994. The molecule has 1 nitrogen and oxygen atoms in total. The molecule has 1 atom stereocenters. The van der Waals surface area contributed by atoms with Gasteiger partial charge in [-0.3, -0.25) is 0 Å². The molecule has 0 aliphatic carbocycles. The van der Waals surface area contributed by atoms with Crippen molar-refractivity contribution in [2.45, 2.75) is 38.2 Å². The van der Waals surface area contributed by atoms with E-state index < -0.39 is 14.2 Å². The maximum Gasteiger partial charge on any atom is 0.0833 e. The normalized spacial score (nSPS) is 12.9. The lowest BCUT2D eigenvalue weighted by Gasteiger charge is -2.19. The van der Waals surface area contributed by atoms with E-state index in [1.807, 2.05) is 24.3 Å². The van der Waals surface area contributed by atoms with Crippen LogP contribution in [0, 0.1) is 0 Å². The minimum absolute atomic E-state index is 0.469. The summed E-state index contributed by atoms with van der Waals surface area (Å²) in [4.78, 5) is 0. The SMILES string of the molecule is C=C=C(CC(O)c1cccc(Br)c1)C[Si](C)(C)C.